The first-order valence-corrected chi connectivity index (χ1v) is 6.86. The highest BCUT2D eigenvalue weighted by Crippen LogP contribution is 2.34. The van der Waals surface area contributed by atoms with E-state index in [2.05, 4.69) is 4.98 Å². The van der Waals surface area contributed by atoms with E-state index in [-0.39, 0.29) is 0 Å². The number of nitrogens with two attached hydrogens (primary N) is 1. The number of hydrogen-bond acceptors (Lipinski definition) is 2. The molecule has 0 fully saturated rings. The van der Waals surface area contributed by atoms with Gasteiger partial charge in [0, 0.05) is 16.6 Å². The van der Waals surface area contributed by atoms with E-state index in [9.17, 15) is 0 Å². The third-order valence-corrected chi connectivity index (χ3v) is 3.97. The van der Waals surface area contributed by atoms with Gasteiger partial charge in [0.25, 0.3) is 0 Å². The number of hydrogen-bond donors (Lipinski definition) is 1. The molecule has 0 bridgehead atoms. The van der Waals surface area contributed by atoms with E-state index in [0.29, 0.717) is 5.02 Å². The second kappa shape index (κ2) is 4.89. The Bertz CT molecular complexity index is 760. The van der Waals surface area contributed by atoms with Crippen LogP contribution in [0.3, 0.4) is 0 Å². The van der Waals surface area contributed by atoms with Crippen LogP contribution >= 0.6 is 11.6 Å². The van der Waals surface area contributed by atoms with E-state index in [1.165, 1.54) is 0 Å². The Balaban J connectivity index is 2.27. The predicted octanol–water partition coefficient (Wildman–Crippen LogP) is 4.11. The maximum atomic E-state index is 6.61. The Morgan fingerprint density at radius 3 is 2.50 bits per heavy atom. The Morgan fingerprint density at radius 1 is 0.950 bits per heavy atom. The lowest BCUT2D eigenvalue weighted by molar-refractivity contribution is 0.609. The van der Waals surface area contributed by atoms with Gasteiger partial charge in [-0.15, -0.1) is 0 Å². The van der Waals surface area contributed by atoms with Crippen molar-refractivity contribution in [2.45, 2.75) is 12.5 Å². The highest BCUT2D eigenvalue weighted by atomic mass is 35.5. The van der Waals surface area contributed by atoms with Crippen molar-refractivity contribution in [1.29, 1.82) is 0 Å². The van der Waals surface area contributed by atoms with Gasteiger partial charge in [0.1, 0.15) is 0 Å². The van der Waals surface area contributed by atoms with Gasteiger partial charge in [-0.3, -0.25) is 4.98 Å². The van der Waals surface area contributed by atoms with Crippen LogP contribution < -0.4 is 5.73 Å². The number of halogens is 1. The first kappa shape index (κ1) is 13.1. The third-order valence-electron chi connectivity index (χ3n) is 3.64. The maximum Gasteiger partial charge on any atom is 0.0705 e. The van der Waals surface area contributed by atoms with Gasteiger partial charge < -0.3 is 5.73 Å². The summed E-state index contributed by atoms with van der Waals surface area (Å²) >= 11 is 6.31. The third kappa shape index (κ3) is 2.07. The fourth-order valence-electron chi connectivity index (χ4n) is 2.58. The fourth-order valence-corrected chi connectivity index (χ4v) is 2.92. The summed E-state index contributed by atoms with van der Waals surface area (Å²) in [5.74, 6) is 0. The Kier molecular flexibility index (Phi) is 3.20. The van der Waals surface area contributed by atoms with Crippen LogP contribution in [0.4, 0.5) is 0 Å². The van der Waals surface area contributed by atoms with Crippen LogP contribution in [0, 0.1) is 0 Å². The zero-order valence-electron chi connectivity index (χ0n) is 11.2. The van der Waals surface area contributed by atoms with Crippen LogP contribution in [0.15, 0.2) is 60.8 Å². The molecule has 1 atom stereocenters. The van der Waals surface area contributed by atoms with Crippen molar-refractivity contribution in [3.63, 3.8) is 0 Å². The van der Waals surface area contributed by atoms with Gasteiger partial charge in [-0.05, 0) is 36.2 Å². The minimum absolute atomic E-state index is 0.666. The number of fused-ring (bicyclic) bond motifs is 1. The molecule has 20 heavy (non-hydrogen) atoms. The number of aromatic nitrogens is 1. The van der Waals surface area contributed by atoms with Crippen LogP contribution in [-0.2, 0) is 5.54 Å². The second-order valence-electron chi connectivity index (χ2n) is 5.06. The molecule has 2 aromatic carbocycles. The quantitative estimate of drug-likeness (QED) is 0.768. The van der Waals surface area contributed by atoms with Crippen molar-refractivity contribution in [2.24, 2.45) is 5.73 Å². The van der Waals surface area contributed by atoms with Gasteiger partial charge >= 0.3 is 0 Å². The zero-order chi connectivity index (χ0) is 14.2. The highest BCUT2D eigenvalue weighted by Gasteiger charge is 2.27. The number of rotatable bonds is 2. The molecule has 0 aliphatic heterocycles. The second-order valence-corrected chi connectivity index (χ2v) is 5.47. The molecule has 1 heterocycles. The minimum Gasteiger partial charge on any atom is -0.318 e. The van der Waals surface area contributed by atoms with E-state index < -0.39 is 5.54 Å². The van der Waals surface area contributed by atoms with Gasteiger partial charge in [-0.25, -0.2) is 0 Å². The Hall–Kier alpha value is -1.90. The van der Waals surface area contributed by atoms with E-state index in [1.807, 2.05) is 61.5 Å². The molecule has 0 spiro atoms. The van der Waals surface area contributed by atoms with Crippen molar-refractivity contribution in [2.75, 3.05) is 0 Å². The lowest BCUT2D eigenvalue weighted by atomic mass is 9.83. The Morgan fingerprint density at radius 2 is 1.70 bits per heavy atom. The molecular formula is C17H15ClN2. The molecule has 0 saturated heterocycles. The summed E-state index contributed by atoms with van der Waals surface area (Å²) in [5.41, 5.74) is 8.83. The van der Waals surface area contributed by atoms with Crippen LogP contribution in [-0.4, -0.2) is 4.98 Å². The fraction of sp³-hybridized carbons (Fsp3) is 0.118. The monoisotopic (exact) mass is 282 g/mol. The predicted molar refractivity (Wildman–Crippen MR) is 83.8 cm³/mol. The molecule has 3 aromatic rings. The number of pyridine rings is 1. The summed E-state index contributed by atoms with van der Waals surface area (Å²) < 4.78 is 0. The van der Waals surface area contributed by atoms with Crippen molar-refractivity contribution in [1.82, 2.24) is 4.98 Å². The topological polar surface area (TPSA) is 38.9 Å². The van der Waals surface area contributed by atoms with Crippen LogP contribution in [0.2, 0.25) is 5.02 Å². The average Bonchev–Trinajstić information content (AvgIpc) is 2.47. The van der Waals surface area contributed by atoms with Crippen molar-refractivity contribution >= 4 is 22.5 Å². The van der Waals surface area contributed by atoms with E-state index >= 15 is 0 Å². The molecule has 100 valence electrons. The molecular weight excluding hydrogens is 268 g/mol. The number of nitrogens with zero attached hydrogens (tertiary/aromatic N) is 1. The summed E-state index contributed by atoms with van der Waals surface area (Å²) in [5, 5.41) is 1.73. The van der Waals surface area contributed by atoms with Gasteiger partial charge in [-0.2, -0.15) is 0 Å². The lowest BCUT2D eigenvalue weighted by Gasteiger charge is -2.28. The molecule has 1 unspecified atom stereocenters. The number of benzene rings is 2. The summed E-state index contributed by atoms with van der Waals surface area (Å²) in [6.07, 6.45) is 1.79. The molecule has 2 N–H and O–H groups in total. The summed E-state index contributed by atoms with van der Waals surface area (Å²) in [7, 11) is 0. The first-order valence-electron chi connectivity index (χ1n) is 6.49. The van der Waals surface area contributed by atoms with Crippen LogP contribution in [0.5, 0.6) is 0 Å². The minimum atomic E-state index is -0.666. The molecule has 1 aromatic heterocycles. The van der Waals surface area contributed by atoms with Gasteiger partial charge in [-0.1, -0.05) is 48.0 Å². The summed E-state index contributed by atoms with van der Waals surface area (Å²) in [4.78, 5) is 4.38. The van der Waals surface area contributed by atoms with Gasteiger partial charge in [0.2, 0.25) is 0 Å². The molecule has 0 amide bonds. The van der Waals surface area contributed by atoms with Crippen molar-refractivity contribution in [3.8, 4) is 0 Å². The van der Waals surface area contributed by atoms with Crippen molar-refractivity contribution in [3.05, 3.63) is 76.9 Å². The maximum absolute atomic E-state index is 6.61. The average molecular weight is 283 g/mol. The van der Waals surface area contributed by atoms with Crippen LogP contribution in [0.1, 0.15) is 18.1 Å². The molecule has 3 rings (SSSR count). The molecule has 0 aliphatic carbocycles. The summed E-state index contributed by atoms with van der Waals surface area (Å²) in [6.45, 7) is 1.98. The van der Waals surface area contributed by atoms with Crippen molar-refractivity contribution < 1.29 is 0 Å². The molecule has 0 aliphatic rings. The smallest absolute Gasteiger partial charge is 0.0705 e. The Labute approximate surface area is 123 Å². The zero-order valence-corrected chi connectivity index (χ0v) is 11.9. The van der Waals surface area contributed by atoms with E-state index in [1.54, 1.807) is 6.20 Å². The van der Waals surface area contributed by atoms with E-state index in [4.69, 9.17) is 17.3 Å². The van der Waals surface area contributed by atoms with Gasteiger partial charge in [0.15, 0.2) is 0 Å². The lowest BCUT2D eigenvalue weighted by Crippen LogP contribution is -2.34. The SMILES string of the molecule is CC(N)(c1ccccc1Cl)c1cccc2ncccc12. The van der Waals surface area contributed by atoms with Gasteiger partial charge in [0.05, 0.1) is 11.1 Å². The first-order chi connectivity index (χ1) is 9.60. The van der Waals surface area contributed by atoms with E-state index in [0.717, 1.165) is 22.0 Å². The molecule has 2 nitrogen and oxygen atoms in total. The standard InChI is InChI=1S/C17H15ClN2/c1-17(19,14-7-2-3-9-15(14)18)13-8-4-10-16-12(13)6-5-11-20-16/h2-11H,19H2,1H3. The van der Waals surface area contributed by atoms with Crippen LogP contribution in [0.25, 0.3) is 10.9 Å². The molecule has 3 heteroatoms. The normalized spacial score (nSPS) is 14.2. The summed E-state index contributed by atoms with van der Waals surface area (Å²) in [6, 6.07) is 17.7. The largest absolute Gasteiger partial charge is 0.318 e. The molecule has 0 saturated carbocycles. The highest BCUT2D eigenvalue weighted by molar-refractivity contribution is 6.31. The molecule has 0 radical (unpaired) electrons.